The summed E-state index contributed by atoms with van der Waals surface area (Å²) in [6, 6.07) is -0.725. The summed E-state index contributed by atoms with van der Waals surface area (Å²) in [5.74, 6) is -0.929. The number of rotatable bonds is 4. The highest BCUT2D eigenvalue weighted by molar-refractivity contribution is 7.78. The third kappa shape index (κ3) is 6.43. The quantitative estimate of drug-likeness (QED) is 0.561. The largest absolute Gasteiger partial charge is 0.480 e. The predicted octanol–water partition coefficient (Wildman–Crippen LogP) is 2.37. The van der Waals surface area contributed by atoms with Crippen LogP contribution in [0.3, 0.4) is 0 Å². The first-order valence-corrected chi connectivity index (χ1v) is 4.57. The Morgan fingerprint density at radius 1 is 1.62 bits per heavy atom. The summed E-state index contributed by atoms with van der Waals surface area (Å²) in [5.41, 5.74) is 0.130. The van der Waals surface area contributed by atoms with Crippen molar-refractivity contribution in [1.29, 1.82) is 0 Å². The first kappa shape index (κ1) is 12.3. The molecule has 4 heteroatoms. The van der Waals surface area contributed by atoms with Crippen LogP contribution in [0.15, 0.2) is 4.99 Å². The third-order valence-electron chi connectivity index (χ3n) is 1.66. The Morgan fingerprint density at radius 3 is 2.46 bits per heavy atom. The minimum absolute atomic E-state index is 0.130. The normalized spacial score (nSPS) is 13.2. The second kappa shape index (κ2) is 5.10. The van der Waals surface area contributed by atoms with E-state index in [0.717, 1.165) is 6.42 Å². The van der Waals surface area contributed by atoms with E-state index in [1.54, 1.807) is 0 Å². The van der Waals surface area contributed by atoms with Gasteiger partial charge in [-0.15, -0.1) is 0 Å². The van der Waals surface area contributed by atoms with E-state index in [9.17, 15) is 4.79 Å². The van der Waals surface area contributed by atoms with Crippen LogP contribution in [-0.4, -0.2) is 22.3 Å². The predicted molar refractivity (Wildman–Crippen MR) is 55.1 cm³/mol. The van der Waals surface area contributed by atoms with E-state index < -0.39 is 12.0 Å². The summed E-state index contributed by atoms with van der Waals surface area (Å²) in [4.78, 5) is 14.2. The SMILES string of the molecule is CC(C)(C)CCC(N=C=S)C(=O)O. The molecule has 74 valence electrons. The molecule has 0 aromatic heterocycles. The van der Waals surface area contributed by atoms with Crippen molar-refractivity contribution in [3.05, 3.63) is 0 Å². The van der Waals surface area contributed by atoms with Crippen LogP contribution in [0.2, 0.25) is 0 Å². The maximum atomic E-state index is 10.6. The number of carboxylic acid groups (broad SMARTS) is 1. The van der Waals surface area contributed by atoms with Crippen molar-refractivity contribution in [2.45, 2.75) is 39.7 Å². The van der Waals surface area contributed by atoms with E-state index in [-0.39, 0.29) is 5.41 Å². The zero-order chi connectivity index (χ0) is 10.5. The number of aliphatic imine (C=N–C) groups is 1. The Balaban J connectivity index is 4.13. The number of hydrogen-bond donors (Lipinski definition) is 1. The monoisotopic (exact) mass is 201 g/mol. The molecule has 0 saturated heterocycles. The maximum Gasteiger partial charge on any atom is 0.329 e. The highest BCUT2D eigenvalue weighted by Crippen LogP contribution is 2.22. The van der Waals surface area contributed by atoms with Gasteiger partial charge in [0.15, 0.2) is 6.04 Å². The summed E-state index contributed by atoms with van der Waals surface area (Å²) in [5, 5.41) is 10.8. The maximum absolute atomic E-state index is 10.6. The van der Waals surface area contributed by atoms with E-state index in [1.165, 1.54) is 0 Å². The molecule has 0 bridgehead atoms. The van der Waals surface area contributed by atoms with Crippen molar-refractivity contribution >= 4 is 23.3 Å². The van der Waals surface area contributed by atoms with Gasteiger partial charge in [0, 0.05) is 0 Å². The number of aliphatic carboxylic acids is 1. The van der Waals surface area contributed by atoms with Gasteiger partial charge in [0.25, 0.3) is 0 Å². The van der Waals surface area contributed by atoms with Gasteiger partial charge in [-0.3, -0.25) is 0 Å². The van der Waals surface area contributed by atoms with Crippen LogP contribution in [0.25, 0.3) is 0 Å². The molecule has 0 rings (SSSR count). The van der Waals surface area contributed by atoms with Crippen LogP contribution in [-0.2, 0) is 4.79 Å². The van der Waals surface area contributed by atoms with Crippen LogP contribution in [0, 0.1) is 5.41 Å². The lowest BCUT2D eigenvalue weighted by Gasteiger charge is -2.18. The average Bonchev–Trinajstić information content (AvgIpc) is 1.95. The fourth-order valence-corrected chi connectivity index (χ4v) is 1.00. The van der Waals surface area contributed by atoms with Gasteiger partial charge in [0.1, 0.15) is 0 Å². The number of carboxylic acids is 1. The molecule has 1 N–H and O–H groups in total. The van der Waals surface area contributed by atoms with Gasteiger partial charge < -0.3 is 5.11 Å². The van der Waals surface area contributed by atoms with E-state index in [4.69, 9.17) is 5.11 Å². The van der Waals surface area contributed by atoms with Crippen LogP contribution >= 0.6 is 12.2 Å². The van der Waals surface area contributed by atoms with Crippen molar-refractivity contribution < 1.29 is 9.90 Å². The summed E-state index contributed by atoms with van der Waals surface area (Å²) in [6.45, 7) is 6.19. The topological polar surface area (TPSA) is 49.7 Å². The minimum atomic E-state index is -0.929. The molecule has 0 aliphatic rings. The second-order valence-electron chi connectivity index (χ2n) is 4.17. The first-order valence-electron chi connectivity index (χ1n) is 4.16. The van der Waals surface area contributed by atoms with Crippen molar-refractivity contribution in [1.82, 2.24) is 0 Å². The van der Waals surface area contributed by atoms with Gasteiger partial charge >= 0.3 is 5.97 Å². The van der Waals surface area contributed by atoms with Gasteiger partial charge in [-0.05, 0) is 30.5 Å². The molecule has 1 atom stereocenters. The standard InChI is InChI=1S/C9H15NO2S/c1-9(2,3)5-4-7(8(11)12)10-6-13/h7H,4-5H2,1-3H3,(H,11,12). The van der Waals surface area contributed by atoms with Gasteiger partial charge in [0.05, 0.1) is 5.16 Å². The smallest absolute Gasteiger partial charge is 0.329 e. The zero-order valence-corrected chi connectivity index (χ0v) is 9.02. The van der Waals surface area contributed by atoms with E-state index in [2.05, 4.69) is 43.1 Å². The van der Waals surface area contributed by atoms with Crippen molar-refractivity contribution in [2.24, 2.45) is 10.4 Å². The van der Waals surface area contributed by atoms with E-state index >= 15 is 0 Å². The highest BCUT2D eigenvalue weighted by atomic mass is 32.1. The lowest BCUT2D eigenvalue weighted by Crippen LogP contribution is -2.20. The zero-order valence-electron chi connectivity index (χ0n) is 8.20. The van der Waals surface area contributed by atoms with Gasteiger partial charge in [-0.2, -0.15) is 0 Å². The molecule has 3 nitrogen and oxygen atoms in total. The van der Waals surface area contributed by atoms with Crippen LogP contribution < -0.4 is 0 Å². The molecule has 1 unspecified atom stereocenters. The summed E-state index contributed by atoms with van der Waals surface area (Å²) in [6.07, 6.45) is 1.33. The van der Waals surface area contributed by atoms with Gasteiger partial charge in [-0.25, -0.2) is 9.79 Å². The Bertz CT molecular complexity index is 224. The number of hydrogen-bond acceptors (Lipinski definition) is 3. The van der Waals surface area contributed by atoms with Crippen molar-refractivity contribution in [3.63, 3.8) is 0 Å². The summed E-state index contributed by atoms with van der Waals surface area (Å²) >= 11 is 4.38. The summed E-state index contributed by atoms with van der Waals surface area (Å²) in [7, 11) is 0. The molecule has 0 aromatic rings. The van der Waals surface area contributed by atoms with Gasteiger partial charge in [0.2, 0.25) is 0 Å². The lowest BCUT2D eigenvalue weighted by molar-refractivity contribution is -0.138. The van der Waals surface area contributed by atoms with Crippen LogP contribution in [0.1, 0.15) is 33.6 Å². The van der Waals surface area contributed by atoms with E-state index in [0.29, 0.717) is 6.42 Å². The number of carbonyl (C=O) groups is 1. The second-order valence-corrected chi connectivity index (χ2v) is 4.36. The molecule has 0 fully saturated rings. The minimum Gasteiger partial charge on any atom is -0.480 e. The fourth-order valence-electron chi connectivity index (χ4n) is 0.877. The molecule has 0 aromatic carbocycles. The molecular weight excluding hydrogens is 186 g/mol. The van der Waals surface area contributed by atoms with Crippen molar-refractivity contribution in [3.8, 4) is 0 Å². The molecule has 0 amide bonds. The molecule has 0 saturated carbocycles. The fraction of sp³-hybridized carbons (Fsp3) is 0.778. The molecule has 13 heavy (non-hydrogen) atoms. The van der Waals surface area contributed by atoms with Crippen LogP contribution in [0.4, 0.5) is 0 Å². The van der Waals surface area contributed by atoms with Crippen LogP contribution in [0.5, 0.6) is 0 Å². The highest BCUT2D eigenvalue weighted by Gasteiger charge is 2.19. The molecule has 0 heterocycles. The first-order chi connectivity index (χ1) is 5.87. The Kier molecular flexibility index (Phi) is 4.81. The van der Waals surface area contributed by atoms with E-state index in [1.807, 2.05) is 0 Å². The molecule has 0 aliphatic heterocycles. The Hall–Kier alpha value is -0.730. The molecule has 0 spiro atoms. The van der Waals surface area contributed by atoms with Gasteiger partial charge in [-0.1, -0.05) is 20.8 Å². The molecule has 0 radical (unpaired) electrons. The molecular formula is C9H15NO2S. The molecule has 0 aliphatic carbocycles. The number of isothiocyanates is 1. The van der Waals surface area contributed by atoms with Crippen molar-refractivity contribution in [2.75, 3.05) is 0 Å². The third-order valence-corrected chi connectivity index (χ3v) is 1.77. The number of nitrogens with zero attached hydrogens (tertiary/aromatic N) is 1. The average molecular weight is 201 g/mol. The number of thiocarbonyl (C=S) groups is 1. The lowest BCUT2D eigenvalue weighted by atomic mass is 9.89. The summed E-state index contributed by atoms with van der Waals surface area (Å²) < 4.78 is 0. The Labute approximate surface area is 83.9 Å². The Morgan fingerprint density at radius 2 is 2.15 bits per heavy atom.